The van der Waals surface area contributed by atoms with Gasteiger partial charge in [-0.25, -0.2) is 4.79 Å². The van der Waals surface area contributed by atoms with Crippen molar-refractivity contribution in [2.45, 2.75) is 19.0 Å². The van der Waals surface area contributed by atoms with Crippen LogP contribution < -0.4 is 26.1 Å². The maximum Gasteiger partial charge on any atom is 0.331 e. The fourth-order valence-electron chi connectivity index (χ4n) is 3.62. The van der Waals surface area contributed by atoms with Crippen LogP contribution in [-0.2, 0) is 6.54 Å². The largest absolute Gasteiger partial charge is 0.497 e. The minimum atomic E-state index is -0.685. The fourth-order valence-corrected chi connectivity index (χ4v) is 3.62. The summed E-state index contributed by atoms with van der Waals surface area (Å²) in [6.45, 7) is 0.117. The Kier molecular flexibility index (Phi) is 5.48. The summed E-state index contributed by atoms with van der Waals surface area (Å²) < 4.78 is 11.8. The number of nitrogens with one attached hydrogen (secondary N) is 2. The second kappa shape index (κ2) is 8.39. The molecule has 0 radical (unpaired) electrons. The van der Waals surface area contributed by atoms with Crippen molar-refractivity contribution in [3.05, 3.63) is 86.1 Å². The van der Waals surface area contributed by atoms with Gasteiger partial charge in [-0.2, -0.15) is 5.10 Å². The standard InChI is InChI=1S/C22H22N4O5/c1-30-14-8-9-15(18(10-14)31-2)16-11-17(25-24-16)19-20(27)23-22(29)26(21(19)28)12-13-6-4-3-5-7-13/h3-10,16,24,28H,11-12H2,1-2H3,(H,23,27,29)/t16-/m0/s1. The predicted molar refractivity (Wildman–Crippen MR) is 115 cm³/mol. The van der Waals surface area contributed by atoms with Crippen LogP contribution >= 0.6 is 0 Å². The Bertz CT molecular complexity index is 1250. The molecule has 0 amide bonds. The van der Waals surface area contributed by atoms with Gasteiger partial charge in [0, 0.05) is 18.1 Å². The molecule has 0 bridgehead atoms. The number of aromatic nitrogens is 2. The van der Waals surface area contributed by atoms with Crippen molar-refractivity contribution in [1.82, 2.24) is 15.0 Å². The zero-order valence-corrected chi connectivity index (χ0v) is 17.1. The molecule has 0 aliphatic carbocycles. The Balaban J connectivity index is 1.66. The highest BCUT2D eigenvalue weighted by Gasteiger charge is 2.29. The molecule has 1 atom stereocenters. The monoisotopic (exact) mass is 422 g/mol. The Hall–Kier alpha value is -4.01. The van der Waals surface area contributed by atoms with Crippen molar-refractivity contribution in [2.75, 3.05) is 14.2 Å². The summed E-state index contributed by atoms with van der Waals surface area (Å²) in [5, 5.41) is 15.1. The van der Waals surface area contributed by atoms with Gasteiger partial charge in [0.1, 0.15) is 17.1 Å². The summed E-state index contributed by atoms with van der Waals surface area (Å²) in [7, 11) is 3.13. The minimum absolute atomic E-state index is 0.0296. The van der Waals surface area contributed by atoms with Crippen LogP contribution in [0.3, 0.4) is 0 Å². The number of hydrogen-bond donors (Lipinski definition) is 3. The number of hydrazone groups is 1. The lowest BCUT2D eigenvalue weighted by molar-refractivity contribution is 0.386. The van der Waals surface area contributed by atoms with Crippen LogP contribution in [0, 0.1) is 0 Å². The fraction of sp³-hybridized carbons (Fsp3) is 0.227. The number of nitrogens with zero attached hydrogens (tertiary/aromatic N) is 2. The molecule has 3 N–H and O–H groups in total. The first-order valence-electron chi connectivity index (χ1n) is 9.66. The smallest absolute Gasteiger partial charge is 0.331 e. The van der Waals surface area contributed by atoms with Gasteiger partial charge in [-0.1, -0.05) is 30.3 Å². The van der Waals surface area contributed by atoms with E-state index in [0.717, 1.165) is 15.7 Å². The molecule has 1 aromatic heterocycles. The molecule has 2 aromatic carbocycles. The first kappa shape index (κ1) is 20.3. The average Bonchev–Trinajstić information content (AvgIpc) is 3.26. The normalized spacial score (nSPS) is 15.3. The Morgan fingerprint density at radius 1 is 1.13 bits per heavy atom. The van der Waals surface area contributed by atoms with Gasteiger partial charge in [-0.3, -0.25) is 14.3 Å². The van der Waals surface area contributed by atoms with Gasteiger partial charge >= 0.3 is 5.69 Å². The van der Waals surface area contributed by atoms with E-state index in [-0.39, 0.29) is 18.2 Å². The quantitative estimate of drug-likeness (QED) is 0.557. The number of benzene rings is 2. The van der Waals surface area contributed by atoms with Crippen molar-refractivity contribution >= 4 is 5.71 Å². The van der Waals surface area contributed by atoms with Gasteiger partial charge in [-0.05, 0) is 17.7 Å². The highest BCUT2D eigenvalue weighted by atomic mass is 16.5. The molecule has 3 aromatic rings. The van der Waals surface area contributed by atoms with E-state index < -0.39 is 17.1 Å². The van der Waals surface area contributed by atoms with Crippen molar-refractivity contribution in [1.29, 1.82) is 0 Å². The molecular formula is C22H22N4O5. The summed E-state index contributed by atoms with van der Waals surface area (Å²) in [6, 6.07) is 14.3. The number of hydrogen-bond acceptors (Lipinski definition) is 7. The van der Waals surface area contributed by atoms with Crippen LogP contribution in [0.25, 0.3) is 0 Å². The highest BCUT2D eigenvalue weighted by molar-refractivity contribution is 6.03. The maximum absolute atomic E-state index is 12.5. The van der Waals surface area contributed by atoms with Crippen molar-refractivity contribution in [3.63, 3.8) is 0 Å². The number of aromatic hydroxyl groups is 1. The van der Waals surface area contributed by atoms with E-state index in [4.69, 9.17) is 9.47 Å². The van der Waals surface area contributed by atoms with Crippen LogP contribution in [0.15, 0.2) is 63.2 Å². The molecule has 9 nitrogen and oxygen atoms in total. The number of H-pyrrole nitrogens is 1. The van der Waals surface area contributed by atoms with E-state index >= 15 is 0 Å². The molecule has 9 heteroatoms. The summed E-state index contributed by atoms with van der Waals surface area (Å²) in [5.41, 5.74) is 3.58. The van der Waals surface area contributed by atoms with E-state index in [2.05, 4.69) is 15.5 Å². The summed E-state index contributed by atoms with van der Waals surface area (Å²) >= 11 is 0. The third-order valence-corrected chi connectivity index (χ3v) is 5.21. The SMILES string of the molecule is COc1ccc([C@@H]2CC(c3c(O)n(Cc4ccccc4)c(=O)[nH]c3=O)=NN2)c(OC)c1. The van der Waals surface area contributed by atoms with E-state index in [9.17, 15) is 14.7 Å². The van der Waals surface area contributed by atoms with Gasteiger partial charge in [0.15, 0.2) is 0 Å². The Labute approximate surface area is 177 Å². The number of rotatable bonds is 6. The molecule has 0 unspecified atom stereocenters. The van der Waals surface area contributed by atoms with Crippen LogP contribution in [0.4, 0.5) is 0 Å². The van der Waals surface area contributed by atoms with E-state index in [0.29, 0.717) is 23.6 Å². The summed E-state index contributed by atoms with van der Waals surface area (Å²) in [4.78, 5) is 27.1. The van der Waals surface area contributed by atoms with Gasteiger partial charge in [0.2, 0.25) is 5.88 Å². The molecule has 1 aliphatic heterocycles. The average molecular weight is 422 g/mol. The summed E-state index contributed by atoms with van der Waals surface area (Å²) in [6.07, 6.45) is 0.322. The first-order chi connectivity index (χ1) is 15.0. The third kappa shape index (κ3) is 3.89. The van der Waals surface area contributed by atoms with Crippen molar-refractivity contribution in [2.24, 2.45) is 5.10 Å². The molecule has 4 rings (SSSR count). The molecule has 0 saturated carbocycles. The van der Waals surface area contributed by atoms with E-state index in [1.54, 1.807) is 20.3 Å². The van der Waals surface area contributed by atoms with Crippen LogP contribution in [0.5, 0.6) is 17.4 Å². The second-order valence-corrected chi connectivity index (χ2v) is 7.08. The Morgan fingerprint density at radius 2 is 1.90 bits per heavy atom. The summed E-state index contributed by atoms with van der Waals surface area (Å²) in [5.74, 6) is 0.850. The lowest BCUT2D eigenvalue weighted by atomic mass is 9.99. The molecule has 2 heterocycles. The topological polar surface area (TPSA) is 118 Å². The minimum Gasteiger partial charge on any atom is -0.497 e. The van der Waals surface area contributed by atoms with Crippen LogP contribution in [0.2, 0.25) is 0 Å². The number of methoxy groups -OCH3 is 2. The molecule has 160 valence electrons. The molecule has 31 heavy (non-hydrogen) atoms. The number of ether oxygens (including phenoxy) is 2. The van der Waals surface area contributed by atoms with E-state index in [1.165, 1.54) is 0 Å². The maximum atomic E-state index is 12.5. The van der Waals surface area contributed by atoms with Crippen molar-refractivity contribution < 1.29 is 14.6 Å². The highest BCUT2D eigenvalue weighted by Crippen LogP contribution is 2.34. The van der Waals surface area contributed by atoms with E-state index in [1.807, 2.05) is 42.5 Å². The van der Waals surface area contributed by atoms with Crippen LogP contribution in [-0.4, -0.2) is 34.6 Å². The molecule has 0 saturated heterocycles. The molecular weight excluding hydrogens is 400 g/mol. The zero-order valence-electron chi connectivity index (χ0n) is 17.1. The Morgan fingerprint density at radius 3 is 2.61 bits per heavy atom. The zero-order chi connectivity index (χ0) is 22.0. The lowest BCUT2D eigenvalue weighted by Crippen LogP contribution is -2.34. The molecule has 0 fully saturated rings. The molecule has 1 aliphatic rings. The van der Waals surface area contributed by atoms with Crippen molar-refractivity contribution in [3.8, 4) is 17.4 Å². The van der Waals surface area contributed by atoms with Gasteiger partial charge < -0.3 is 20.0 Å². The molecule has 0 spiro atoms. The third-order valence-electron chi connectivity index (χ3n) is 5.21. The number of aromatic amines is 1. The van der Waals surface area contributed by atoms with Gasteiger partial charge in [0.05, 0.1) is 32.5 Å². The lowest BCUT2D eigenvalue weighted by Gasteiger charge is -2.16. The predicted octanol–water partition coefficient (Wildman–Crippen LogP) is 1.75. The first-order valence-corrected chi connectivity index (χ1v) is 9.66. The van der Waals surface area contributed by atoms with Gasteiger partial charge in [0.25, 0.3) is 5.56 Å². The van der Waals surface area contributed by atoms with Gasteiger partial charge in [-0.15, -0.1) is 0 Å². The second-order valence-electron chi connectivity index (χ2n) is 7.08. The van der Waals surface area contributed by atoms with Crippen LogP contribution in [0.1, 0.15) is 29.2 Å².